The molecule has 3 aromatic heterocycles. The SMILES string of the molecule is c1cnc(NCc2cc(-c3cccnc3)no2)nc1. The van der Waals surface area contributed by atoms with Crippen molar-refractivity contribution in [2.24, 2.45) is 0 Å². The Kier molecular flexibility index (Phi) is 3.14. The average molecular weight is 253 g/mol. The van der Waals surface area contributed by atoms with E-state index >= 15 is 0 Å². The van der Waals surface area contributed by atoms with Crippen LogP contribution in [0.25, 0.3) is 11.3 Å². The van der Waals surface area contributed by atoms with Crippen molar-refractivity contribution >= 4 is 5.95 Å². The molecule has 3 rings (SSSR count). The van der Waals surface area contributed by atoms with Crippen LogP contribution in [0.3, 0.4) is 0 Å². The fourth-order valence-corrected chi connectivity index (χ4v) is 1.60. The van der Waals surface area contributed by atoms with Crippen molar-refractivity contribution in [1.82, 2.24) is 20.1 Å². The van der Waals surface area contributed by atoms with Crippen molar-refractivity contribution in [2.45, 2.75) is 6.54 Å². The molecule has 0 saturated heterocycles. The normalized spacial score (nSPS) is 10.3. The minimum atomic E-state index is 0.483. The Morgan fingerprint density at radius 2 is 2.00 bits per heavy atom. The van der Waals surface area contributed by atoms with Crippen molar-refractivity contribution in [3.05, 3.63) is 54.8 Å². The molecule has 94 valence electrons. The Morgan fingerprint density at radius 3 is 2.79 bits per heavy atom. The van der Waals surface area contributed by atoms with Crippen molar-refractivity contribution in [3.8, 4) is 11.3 Å². The van der Waals surface area contributed by atoms with E-state index in [2.05, 4.69) is 25.4 Å². The summed E-state index contributed by atoms with van der Waals surface area (Å²) in [6.45, 7) is 0.483. The number of anilines is 1. The molecule has 0 aliphatic rings. The van der Waals surface area contributed by atoms with Gasteiger partial charge in [-0.2, -0.15) is 0 Å². The molecule has 0 unspecified atom stereocenters. The minimum Gasteiger partial charge on any atom is -0.359 e. The van der Waals surface area contributed by atoms with Crippen LogP contribution in [0, 0.1) is 0 Å². The molecule has 0 amide bonds. The molecule has 19 heavy (non-hydrogen) atoms. The van der Waals surface area contributed by atoms with Crippen LogP contribution < -0.4 is 5.32 Å². The maximum Gasteiger partial charge on any atom is 0.222 e. The summed E-state index contributed by atoms with van der Waals surface area (Å²) in [5, 5.41) is 7.06. The van der Waals surface area contributed by atoms with E-state index in [1.165, 1.54) is 0 Å². The van der Waals surface area contributed by atoms with Crippen molar-refractivity contribution in [1.29, 1.82) is 0 Å². The quantitative estimate of drug-likeness (QED) is 0.767. The standard InChI is InChI=1S/C13H11N5O/c1-3-10(8-14-4-1)12-7-11(19-18-12)9-17-13-15-5-2-6-16-13/h1-8H,9H2,(H,15,16,17). The maximum atomic E-state index is 5.24. The smallest absolute Gasteiger partial charge is 0.222 e. The zero-order valence-electron chi connectivity index (χ0n) is 10.0. The highest BCUT2D eigenvalue weighted by Gasteiger charge is 2.06. The van der Waals surface area contributed by atoms with Gasteiger partial charge in [0.2, 0.25) is 5.95 Å². The number of hydrogen-bond acceptors (Lipinski definition) is 6. The van der Waals surface area contributed by atoms with Crippen LogP contribution in [0.2, 0.25) is 0 Å². The predicted molar refractivity (Wildman–Crippen MR) is 69.1 cm³/mol. The Morgan fingerprint density at radius 1 is 1.11 bits per heavy atom. The average Bonchev–Trinajstić information content (AvgIpc) is 2.96. The summed E-state index contributed by atoms with van der Waals surface area (Å²) in [6.07, 6.45) is 6.82. The van der Waals surface area contributed by atoms with E-state index < -0.39 is 0 Å². The highest BCUT2D eigenvalue weighted by Crippen LogP contribution is 2.17. The molecule has 0 fully saturated rings. The Bertz CT molecular complexity index is 638. The highest BCUT2D eigenvalue weighted by molar-refractivity contribution is 5.57. The Balaban J connectivity index is 1.69. The van der Waals surface area contributed by atoms with E-state index in [0.29, 0.717) is 18.3 Å². The van der Waals surface area contributed by atoms with Crippen molar-refractivity contribution < 1.29 is 4.52 Å². The molecule has 3 heterocycles. The van der Waals surface area contributed by atoms with E-state index in [-0.39, 0.29) is 0 Å². The second kappa shape index (κ2) is 5.26. The van der Waals surface area contributed by atoms with Gasteiger partial charge in [0.15, 0.2) is 5.76 Å². The molecule has 6 heteroatoms. The van der Waals surface area contributed by atoms with Crippen LogP contribution in [0.15, 0.2) is 53.6 Å². The lowest BCUT2D eigenvalue weighted by atomic mass is 10.2. The summed E-state index contributed by atoms with van der Waals surface area (Å²) in [4.78, 5) is 12.2. The molecule has 0 spiro atoms. The first-order valence-corrected chi connectivity index (χ1v) is 5.79. The van der Waals surface area contributed by atoms with E-state index in [9.17, 15) is 0 Å². The third-order valence-corrected chi connectivity index (χ3v) is 2.50. The maximum absolute atomic E-state index is 5.24. The molecule has 0 saturated carbocycles. The fraction of sp³-hybridized carbons (Fsp3) is 0.0769. The van der Waals surface area contributed by atoms with Crippen molar-refractivity contribution in [2.75, 3.05) is 5.32 Å². The second-order valence-corrected chi connectivity index (χ2v) is 3.85. The molecule has 1 N–H and O–H groups in total. The molecular weight excluding hydrogens is 242 g/mol. The van der Waals surface area contributed by atoms with Gasteiger partial charge in [0.25, 0.3) is 0 Å². The summed E-state index contributed by atoms with van der Waals surface area (Å²) in [5.74, 6) is 1.27. The van der Waals surface area contributed by atoms with Gasteiger partial charge in [-0.15, -0.1) is 0 Å². The monoisotopic (exact) mass is 253 g/mol. The van der Waals surface area contributed by atoms with Crippen LogP contribution in [0.1, 0.15) is 5.76 Å². The lowest BCUT2D eigenvalue weighted by Crippen LogP contribution is -2.01. The lowest BCUT2D eigenvalue weighted by molar-refractivity contribution is 0.390. The number of rotatable bonds is 4. The van der Waals surface area contributed by atoms with Gasteiger partial charge < -0.3 is 9.84 Å². The van der Waals surface area contributed by atoms with E-state index in [4.69, 9.17) is 4.52 Å². The summed E-state index contributed by atoms with van der Waals surface area (Å²) in [7, 11) is 0. The molecule has 0 radical (unpaired) electrons. The lowest BCUT2D eigenvalue weighted by Gasteiger charge is -1.99. The van der Waals surface area contributed by atoms with Gasteiger partial charge >= 0.3 is 0 Å². The summed E-state index contributed by atoms with van der Waals surface area (Å²) in [5.41, 5.74) is 1.69. The number of pyridine rings is 1. The van der Waals surface area contributed by atoms with Crippen LogP contribution in [0.5, 0.6) is 0 Å². The summed E-state index contributed by atoms with van der Waals surface area (Å²) in [6, 6.07) is 7.43. The largest absolute Gasteiger partial charge is 0.359 e. The van der Waals surface area contributed by atoms with Crippen LogP contribution >= 0.6 is 0 Å². The van der Waals surface area contributed by atoms with E-state index in [1.54, 1.807) is 30.9 Å². The van der Waals surface area contributed by atoms with E-state index in [1.807, 2.05) is 18.2 Å². The molecule has 0 bridgehead atoms. The van der Waals surface area contributed by atoms with Gasteiger partial charge in [0.1, 0.15) is 5.69 Å². The molecule has 6 nitrogen and oxygen atoms in total. The predicted octanol–water partition coefficient (Wildman–Crippen LogP) is 2.14. The Hall–Kier alpha value is -2.76. The van der Waals surface area contributed by atoms with Gasteiger partial charge in [-0.25, -0.2) is 9.97 Å². The number of nitrogens with zero attached hydrogens (tertiary/aromatic N) is 4. The topological polar surface area (TPSA) is 76.7 Å². The minimum absolute atomic E-state index is 0.483. The zero-order chi connectivity index (χ0) is 12.9. The van der Waals surface area contributed by atoms with Crippen molar-refractivity contribution in [3.63, 3.8) is 0 Å². The van der Waals surface area contributed by atoms with Crippen LogP contribution in [-0.4, -0.2) is 20.1 Å². The number of hydrogen-bond donors (Lipinski definition) is 1. The Labute approximate surface area is 109 Å². The van der Waals surface area contributed by atoms with Gasteiger partial charge in [0.05, 0.1) is 6.54 Å². The summed E-state index contributed by atoms with van der Waals surface area (Å²) >= 11 is 0. The van der Waals surface area contributed by atoms with E-state index in [0.717, 1.165) is 11.3 Å². The molecule has 0 aliphatic carbocycles. The highest BCUT2D eigenvalue weighted by atomic mass is 16.5. The van der Waals surface area contributed by atoms with Gasteiger partial charge in [0, 0.05) is 36.4 Å². The molecular formula is C13H11N5O. The molecule has 0 aromatic carbocycles. The van der Waals surface area contributed by atoms with Crippen LogP contribution in [0.4, 0.5) is 5.95 Å². The van der Waals surface area contributed by atoms with Gasteiger partial charge in [-0.3, -0.25) is 4.98 Å². The van der Waals surface area contributed by atoms with Gasteiger partial charge in [-0.1, -0.05) is 5.16 Å². The van der Waals surface area contributed by atoms with Gasteiger partial charge in [-0.05, 0) is 18.2 Å². The zero-order valence-corrected chi connectivity index (χ0v) is 10.0. The first-order chi connectivity index (χ1) is 9.42. The third kappa shape index (κ3) is 2.74. The fourth-order valence-electron chi connectivity index (χ4n) is 1.60. The summed E-state index contributed by atoms with van der Waals surface area (Å²) < 4.78 is 5.24. The second-order valence-electron chi connectivity index (χ2n) is 3.85. The van der Waals surface area contributed by atoms with Crippen LogP contribution in [-0.2, 0) is 6.54 Å². The first-order valence-electron chi connectivity index (χ1n) is 5.79. The third-order valence-electron chi connectivity index (χ3n) is 2.50. The number of aromatic nitrogens is 4. The number of nitrogens with one attached hydrogen (secondary N) is 1. The first kappa shape index (κ1) is 11.3. The molecule has 0 atom stereocenters. The molecule has 0 aliphatic heterocycles. The molecule has 3 aromatic rings.